The van der Waals surface area contributed by atoms with Crippen LogP contribution in [-0.2, 0) is 6.54 Å². The Bertz CT molecular complexity index is 671. The minimum absolute atomic E-state index is 0.0509. The Hall–Kier alpha value is -2.47. The number of aromatic nitrogens is 1. The smallest absolute Gasteiger partial charge is 0.276 e. The van der Waals surface area contributed by atoms with Crippen LogP contribution in [0.3, 0.4) is 0 Å². The summed E-state index contributed by atoms with van der Waals surface area (Å²) in [5, 5.41) is 14.0. The van der Waals surface area contributed by atoms with E-state index in [1.54, 1.807) is 25.4 Å². The summed E-state index contributed by atoms with van der Waals surface area (Å²) in [5.74, 6) is 1.03. The Morgan fingerprint density at radius 2 is 2.00 bits per heavy atom. The van der Waals surface area contributed by atoms with Crippen LogP contribution in [0.1, 0.15) is 16.7 Å². The number of benzene rings is 1. The lowest BCUT2D eigenvalue weighted by atomic mass is 10.1. The quantitative estimate of drug-likeness (QED) is 0.675. The standard InChI is InChI=1S/C15H17N3O3/c1-10-4-11(2)15(6-14(10)18(19)20)21-13-5-12(7-16-3)8-17-9-13/h4-6,8-9,16H,7H2,1-3H3. The highest BCUT2D eigenvalue weighted by molar-refractivity contribution is 5.50. The first-order valence-corrected chi connectivity index (χ1v) is 6.53. The summed E-state index contributed by atoms with van der Waals surface area (Å²) >= 11 is 0. The highest BCUT2D eigenvalue weighted by Crippen LogP contribution is 2.31. The fraction of sp³-hybridized carbons (Fsp3) is 0.267. The van der Waals surface area contributed by atoms with Gasteiger partial charge in [0.2, 0.25) is 0 Å². The van der Waals surface area contributed by atoms with E-state index in [4.69, 9.17) is 4.74 Å². The van der Waals surface area contributed by atoms with Crippen LogP contribution in [-0.4, -0.2) is 17.0 Å². The average molecular weight is 287 g/mol. The molecule has 0 saturated carbocycles. The fourth-order valence-corrected chi connectivity index (χ4v) is 2.08. The molecule has 110 valence electrons. The molecule has 0 radical (unpaired) electrons. The zero-order valence-electron chi connectivity index (χ0n) is 12.2. The maximum absolute atomic E-state index is 11.0. The molecule has 1 heterocycles. The van der Waals surface area contributed by atoms with Crippen molar-refractivity contribution >= 4 is 5.69 Å². The number of nitro benzene ring substituents is 1. The highest BCUT2D eigenvalue weighted by Gasteiger charge is 2.15. The maximum atomic E-state index is 11.0. The van der Waals surface area contributed by atoms with Gasteiger partial charge in [-0.1, -0.05) is 0 Å². The number of hydrogen-bond acceptors (Lipinski definition) is 5. The Labute approximate surface area is 122 Å². The molecule has 2 rings (SSSR count). The van der Waals surface area contributed by atoms with Gasteiger partial charge in [-0.25, -0.2) is 0 Å². The van der Waals surface area contributed by atoms with Crippen molar-refractivity contribution in [3.05, 3.63) is 57.4 Å². The molecule has 0 aliphatic heterocycles. The Morgan fingerprint density at radius 1 is 1.24 bits per heavy atom. The van der Waals surface area contributed by atoms with Gasteiger partial charge in [-0.2, -0.15) is 0 Å². The summed E-state index contributed by atoms with van der Waals surface area (Å²) < 4.78 is 5.75. The lowest BCUT2D eigenvalue weighted by Gasteiger charge is -2.10. The van der Waals surface area contributed by atoms with Crippen molar-refractivity contribution in [2.24, 2.45) is 0 Å². The van der Waals surface area contributed by atoms with E-state index < -0.39 is 4.92 Å². The van der Waals surface area contributed by atoms with E-state index >= 15 is 0 Å². The van der Waals surface area contributed by atoms with Gasteiger partial charge in [0, 0.05) is 18.3 Å². The second-order valence-electron chi connectivity index (χ2n) is 4.82. The summed E-state index contributed by atoms with van der Waals surface area (Å²) in [5.41, 5.74) is 2.49. The molecule has 2 aromatic rings. The third-order valence-electron chi connectivity index (χ3n) is 3.07. The molecule has 0 aliphatic rings. The molecule has 6 nitrogen and oxygen atoms in total. The van der Waals surface area contributed by atoms with Crippen molar-refractivity contribution in [2.45, 2.75) is 20.4 Å². The molecule has 1 aromatic carbocycles. The molecular formula is C15H17N3O3. The Morgan fingerprint density at radius 3 is 2.67 bits per heavy atom. The third kappa shape index (κ3) is 3.55. The SMILES string of the molecule is CNCc1cncc(Oc2cc([N+](=O)[O-])c(C)cc2C)c1. The Kier molecular flexibility index (Phi) is 4.49. The van der Waals surface area contributed by atoms with Crippen molar-refractivity contribution in [2.75, 3.05) is 7.05 Å². The van der Waals surface area contributed by atoms with E-state index in [2.05, 4.69) is 10.3 Å². The summed E-state index contributed by atoms with van der Waals surface area (Å²) in [6.45, 7) is 4.25. The van der Waals surface area contributed by atoms with Gasteiger partial charge in [0.15, 0.2) is 0 Å². The number of rotatable bonds is 5. The number of pyridine rings is 1. The van der Waals surface area contributed by atoms with Crippen LogP contribution in [0, 0.1) is 24.0 Å². The van der Waals surface area contributed by atoms with Crippen molar-refractivity contribution in [1.82, 2.24) is 10.3 Å². The van der Waals surface area contributed by atoms with Crippen LogP contribution >= 0.6 is 0 Å². The maximum Gasteiger partial charge on any atom is 0.276 e. The molecule has 0 saturated heterocycles. The molecular weight excluding hydrogens is 270 g/mol. The predicted octanol–water partition coefficient (Wildman–Crippen LogP) is 3.12. The lowest BCUT2D eigenvalue weighted by molar-refractivity contribution is -0.385. The second kappa shape index (κ2) is 6.32. The molecule has 0 spiro atoms. The molecule has 0 amide bonds. The molecule has 1 N–H and O–H groups in total. The zero-order valence-corrected chi connectivity index (χ0v) is 12.2. The highest BCUT2D eigenvalue weighted by atomic mass is 16.6. The Balaban J connectivity index is 2.33. The number of nitrogens with zero attached hydrogens (tertiary/aromatic N) is 2. The van der Waals surface area contributed by atoms with E-state index in [1.807, 2.05) is 20.0 Å². The van der Waals surface area contributed by atoms with E-state index in [0.29, 0.717) is 23.6 Å². The van der Waals surface area contributed by atoms with Gasteiger partial charge in [0.25, 0.3) is 5.69 Å². The summed E-state index contributed by atoms with van der Waals surface area (Å²) in [7, 11) is 1.85. The summed E-state index contributed by atoms with van der Waals surface area (Å²) in [6.07, 6.45) is 3.33. The molecule has 0 fully saturated rings. The minimum Gasteiger partial charge on any atom is -0.455 e. The zero-order chi connectivity index (χ0) is 15.4. The van der Waals surface area contributed by atoms with Crippen LogP contribution in [0.15, 0.2) is 30.6 Å². The van der Waals surface area contributed by atoms with Gasteiger partial charge < -0.3 is 10.1 Å². The van der Waals surface area contributed by atoms with E-state index in [0.717, 1.165) is 11.1 Å². The number of ether oxygens (including phenoxy) is 1. The van der Waals surface area contributed by atoms with Gasteiger partial charge in [-0.15, -0.1) is 0 Å². The van der Waals surface area contributed by atoms with Crippen LogP contribution in [0.5, 0.6) is 11.5 Å². The average Bonchev–Trinajstić information content (AvgIpc) is 2.42. The second-order valence-corrected chi connectivity index (χ2v) is 4.82. The molecule has 1 aromatic heterocycles. The van der Waals surface area contributed by atoms with Crippen LogP contribution < -0.4 is 10.1 Å². The molecule has 6 heteroatoms. The first kappa shape index (κ1) is 14.9. The van der Waals surface area contributed by atoms with Gasteiger partial charge in [0.05, 0.1) is 17.2 Å². The number of nitrogens with one attached hydrogen (secondary N) is 1. The van der Waals surface area contributed by atoms with Gasteiger partial charge in [-0.05, 0) is 44.2 Å². The molecule has 21 heavy (non-hydrogen) atoms. The summed E-state index contributed by atoms with van der Waals surface area (Å²) in [4.78, 5) is 14.7. The molecule has 0 unspecified atom stereocenters. The van der Waals surface area contributed by atoms with E-state index in [-0.39, 0.29) is 5.69 Å². The van der Waals surface area contributed by atoms with Gasteiger partial charge in [0.1, 0.15) is 11.5 Å². The van der Waals surface area contributed by atoms with E-state index in [9.17, 15) is 10.1 Å². The van der Waals surface area contributed by atoms with Crippen molar-refractivity contribution in [3.63, 3.8) is 0 Å². The van der Waals surface area contributed by atoms with Crippen molar-refractivity contribution < 1.29 is 9.66 Å². The number of nitro groups is 1. The first-order chi connectivity index (χ1) is 10.0. The topological polar surface area (TPSA) is 77.3 Å². The molecule has 0 bridgehead atoms. The van der Waals surface area contributed by atoms with Crippen LogP contribution in [0.4, 0.5) is 5.69 Å². The van der Waals surface area contributed by atoms with Crippen LogP contribution in [0.25, 0.3) is 0 Å². The normalized spacial score (nSPS) is 10.4. The molecule has 0 aliphatic carbocycles. The fourth-order valence-electron chi connectivity index (χ4n) is 2.08. The largest absolute Gasteiger partial charge is 0.455 e. The van der Waals surface area contributed by atoms with E-state index in [1.165, 1.54) is 6.07 Å². The first-order valence-electron chi connectivity index (χ1n) is 6.53. The number of hydrogen-bond donors (Lipinski definition) is 1. The van der Waals surface area contributed by atoms with Crippen molar-refractivity contribution in [1.29, 1.82) is 0 Å². The third-order valence-corrected chi connectivity index (χ3v) is 3.07. The number of aryl methyl sites for hydroxylation is 2. The lowest BCUT2D eigenvalue weighted by Crippen LogP contribution is -2.05. The van der Waals surface area contributed by atoms with Gasteiger partial charge in [-0.3, -0.25) is 15.1 Å². The molecule has 0 atom stereocenters. The monoisotopic (exact) mass is 287 g/mol. The minimum atomic E-state index is -0.405. The van der Waals surface area contributed by atoms with Gasteiger partial charge >= 0.3 is 0 Å². The predicted molar refractivity (Wildman–Crippen MR) is 79.6 cm³/mol. The van der Waals surface area contributed by atoms with Crippen LogP contribution in [0.2, 0.25) is 0 Å². The summed E-state index contributed by atoms with van der Waals surface area (Å²) in [6, 6.07) is 5.06. The van der Waals surface area contributed by atoms with Crippen molar-refractivity contribution in [3.8, 4) is 11.5 Å².